The van der Waals surface area contributed by atoms with Gasteiger partial charge in [-0.2, -0.15) is 0 Å². The summed E-state index contributed by atoms with van der Waals surface area (Å²) in [7, 11) is 3.97. The van der Waals surface area contributed by atoms with Crippen molar-refractivity contribution in [3.05, 3.63) is 45.3 Å². The number of piperidine rings is 1. The second-order valence-electron chi connectivity index (χ2n) is 7.80. The maximum Gasteiger partial charge on any atom is 0.336 e. The van der Waals surface area contributed by atoms with Crippen LogP contribution in [0.3, 0.4) is 0 Å². The van der Waals surface area contributed by atoms with Crippen LogP contribution in [-0.4, -0.2) is 54.2 Å². The first-order valence-corrected chi connectivity index (χ1v) is 8.89. The average Bonchev–Trinajstić information content (AvgIpc) is 2.48. The lowest BCUT2D eigenvalue weighted by molar-refractivity contribution is -0.0479. The van der Waals surface area contributed by atoms with Crippen LogP contribution in [0.4, 0.5) is 0 Å². The van der Waals surface area contributed by atoms with Gasteiger partial charge in [-0.1, -0.05) is 0 Å². The number of hydrogen-bond acceptors (Lipinski definition) is 5. The van der Waals surface area contributed by atoms with E-state index in [-0.39, 0.29) is 5.63 Å². The predicted octanol–water partition coefficient (Wildman–Crippen LogP) is 2.30. The van der Waals surface area contributed by atoms with Gasteiger partial charge in [0.1, 0.15) is 5.58 Å². The van der Waals surface area contributed by atoms with E-state index < -0.39 is 5.60 Å². The molecule has 0 amide bonds. The molecule has 0 saturated carbocycles. The van der Waals surface area contributed by atoms with E-state index in [0.717, 1.165) is 35.9 Å². The molecule has 5 heteroatoms. The fraction of sp³-hybridized carbons (Fsp3) is 0.550. The summed E-state index contributed by atoms with van der Waals surface area (Å²) in [6.45, 7) is 6.95. The first-order chi connectivity index (χ1) is 11.8. The summed E-state index contributed by atoms with van der Waals surface area (Å²) in [5, 5.41) is 11.9. The first-order valence-electron chi connectivity index (χ1n) is 8.89. The highest BCUT2D eigenvalue weighted by atomic mass is 16.4. The molecule has 1 fully saturated rings. The zero-order valence-electron chi connectivity index (χ0n) is 15.6. The Morgan fingerprint density at radius 3 is 2.68 bits per heavy atom. The van der Waals surface area contributed by atoms with Gasteiger partial charge in [-0.15, -0.1) is 0 Å². The maximum atomic E-state index is 12.0. The van der Waals surface area contributed by atoms with Crippen LogP contribution < -0.4 is 5.63 Å². The van der Waals surface area contributed by atoms with Gasteiger partial charge in [0.05, 0.1) is 5.60 Å². The van der Waals surface area contributed by atoms with Crippen molar-refractivity contribution in [2.45, 2.75) is 38.8 Å². The molecular weight excluding hydrogens is 316 g/mol. The van der Waals surface area contributed by atoms with Crippen molar-refractivity contribution in [1.82, 2.24) is 9.80 Å². The van der Waals surface area contributed by atoms with Gasteiger partial charge in [0.25, 0.3) is 0 Å². The van der Waals surface area contributed by atoms with E-state index in [1.54, 1.807) is 6.07 Å². The van der Waals surface area contributed by atoms with Gasteiger partial charge in [0.2, 0.25) is 0 Å². The van der Waals surface area contributed by atoms with E-state index >= 15 is 0 Å². The van der Waals surface area contributed by atoms with Crippen molar-refractivity contribution in [2.75, 3.05) is 33.7 Å². The Morgan fingerprint density at radius 2 is 1.96 bits per heavy atom. The molecule has 1 aliphatic rings. The molecule has 0 radical (unpaired) electrons. The number of likely N-dealkylation sites (N-methyl/N-ethyl adjacent to an activating group) is 1. The van der Waals surface area contributed by atoms with Crippen molar-refractivity contribution in [3.63, 3.8) is 0 Å². The molecule has 136 valence electrons. The number of fused-ring (bicyclic) bond motifs is 1. The molecule has 1 unspecified atom stereocenters. The highest BCUT2D eigenvalue weighted by molar-refractivity contribution is 5.81. The topological polar surface area (TPSA) is 56.9 Å². The highest BCUT2D eigenvalue weighted by Crippen LogP contribution is 2.26. The fourth-order valence-electron chi connectivity index (χ4n) is 3.91. The molecule has 1 saturated heterocycles. The molecule has 1 aliphatic heterocycles. The molecule has 0 spiro atoms. The number of aryl methyl sites for hydroxylation is 2. The van der Waals surface area contributed by atoms with E-state index in [1.807, 2.05) is 32.0 Å². The largest absolute Gasteiger partial charge is 0.423 e. The monoisotopic (exact) mass is 344 g/mol. The van der Waals surface area contributed by atoms with Gasteiger partial charge < -0.3 is 14.4 Å². The van der Waals surface area contributed by atoms with Crippen LogP contribution >= 0.6 is 0 Å². The van der Waals surface area contributed by atoms with Crippen LogP contribution in [0.25, 0.3) is 11.0 Å². The maximum absolute atomic E-state index is 12.0. The second kappa shape index (κ2) is 6.90. The van der Waals surface area contributed by atoms with Crippen molar-refractivity contribution < 1.29 is 9.52 Å². The zero-order chi connectivity index (χ0) is 18.2. The summed E-state index contributed by atoms with van der Waals surface area (Å²) in [5.41, 5.74) is 2.92. The summed E-state index contributed by atoms with van der Waals surface area (Å²) in [6, 6.07) is 5.63. The molecule has 2 aromatic rings. The van der Waals surface area contributed by atoms with E-state index in [1.165, 1.54) is 5.56 Å². The molecule has 2 heterocycles. The van der Waals surface area contributed by atoms with E-state index in [0.29, 0.717) is 25.2 Å². The molecule has 0 bridgehead atoms. The third-order valence-corrected chi connectivity index (χ3v) is 5.08. The van der Waals surface area contributed by atoms with Crippen LogP contribution in [-0.2, 0) is 6.54 Å². The van der Waals surface area contributed by atoms with Crippen molar-refractivity contribution in [1.29, 1.82) is 0 Å². The Bertz CT molecular complexity index is 828. The van der Waals surface area contributed by atoms with Crippen LogP contribution in [0, 0.1) is 13.8 Å². The second-order valence-corrected chi connectivity index (χ2v) is 7.80. The third kappa shape index (κ3) is 4.11. The number of hydrogen-bond donors (Lipinski definition) is 1. The van der Waals surface area contributed by atoms with Crippen LogP contribution in [0.1, 0.15) is 29.5 Å². The van der Waals surface area contributed by atoms with Crippen LogP contribution in [0.15, 0.2) is 27.4 Å². The van der Waals surface area contributed by atoms with Gasteiger partial charge in [0.15, 0.2) is 0 Å². The van der Waals surface area contributed by atoms with Gasteiger partial charge in [-0.25, -0.2) is 4.79 Å². The summed E-state index contributed by atoms with van der Waals surface area (Å²) in [6.07, 6.45) is 1.78. The van der Waals surface area contributed by atoms with E-state index in [2.05, 4.69) is 17.9 Å². The molecule has 25 heavy (non-hydrogen) atoms. The predicted molar refractivity (Wildman–Crippen MR) is 100.0 cm³/mol. The minimum atomic E-state index is -0.691. The molecule has 1 aromatic carbocycles. The average molecular weight is 344 g/mol. The Labute approximate surface area is 148 Å². The first kappa shape index (κ1) is 18.1. The van der Waals surface area contributed by atoms with Gasteiger partial charge in [0, 0.05) is 31.1 Å². The number of β-amino-alcohol motifs (C(OH)–C–C–N with tert-alkyl or cyclic N) is 1. The summed E-state index contributed by atoms with van der Waals surface area (Å²) in [5.74, 6) is 0. The number of aliphatic hydroxyl groups is 1. The molecule has 5 nitrogen and oxygen atoms in total. The Balaban J connectivity index is 1.90. The quantitative estimate of drug-likeness (QED) is 0.863. The zero-order valence-corrected chi connectivity index (χ0v) is 15.6. The lowest BCUT2D eigenvalue weighted by Crippen LogP contribution is -2.52. The fourth-order valence-corrected chi connectivity index (χ4v) is 3.91. The van der Waals surface area contributed by atoms with E-state index in [4.69, 9.17) is 4.42 Å². The lowest BCUT2D eigenvalue weighted by Gasteiger charge is -2.40. The number of benzene rings is 1. The summed E-state index contributed by atoms with van der Waals surface area (Å²) in [4.78, 5) is 16.3. The number of nitrogens with zero attached hydrogens (tertiary/aromatic N) is 2. The standard InChI is InChI=1S/C20H28N2O3/c1-14-8-17-16(10-19(23)25-18(17)9-15(14)2)11-22-7-5-6-20(24,13-22)12-21(3)4/h8-10,24H,5-7,11-13H2,1-4H3. The lowest BCUT2D eigenvalue weighted by atomic mass is 9.92. The molecule has 1 N–H and O–H groups in total. The molecule has 1 aromatic heterocycles. The molecule has 0 aliphatic carbocycles. The molecule has 1 atom stereocenters. The smallest absolute Gasteiger partial charge is 0.336 e. The third-order valence-electron chi connectivity index (χ3n) is 5.08. The Morgan fingerprint density at radius 1 is 1.24 bits per heavy atom. The SMILES string of the molecule is Cc1cc2oc(=O)cc(CN3CCCC(O)(CN(C)C)C3)c2cc1C. The molecular formula is C20H28N2O3. The minimum absolute atomic E-state index is 0.314. The normalized spacial score (nSPS) is 22.0. The minimum Gasteiger partial charge on any atom is -0.423 e. The van der Waals surface area contributed by atoms with Crippen molar-refractivity contribution >= 4 is 11.0 Å². The van der Waals surface area contributed by atoms with Gasteiger partial charge in [-0.3, -0.25) is 4.90 Å². The number of likely N-dealkylation sites (tertiary alicyclic amines) is 1. The van der Waals surface area contributed by atoms with Gasteiger partial charge >= 0.3 is 5.63 Å². The summed E-state index contributed by atoms with van der Waals surface area (Å²) >= 11 is 0. The summed E-state index contributed by atoms with van der Waals surface area (Å²) < 4.78 is 5.39. The highest BCUT2D eigenvalue weighted by Gasteiger charge is 2.33. The Kier molecular flexibility index (Phi) is 5.00. The van der Waals surface area contributed by atoms with Crippen molar-refractivity contribution in [2.24, 2.45) is 0 Å². The number of rotatable bonds is 4. The molecule has 3 rings (SSSR count). The van der Waals surface area contributed by atoms with Crippen LogP contribution in [0.5, 0.6) is 0 Å². The van der Waals surface area contributed by atoms with Crippen molar-refractivity contribution in [3.8, 4) is 0 Å². The Hall–Kier alpha value is -1.69. The van der Waals surface area contributed by atoms with Crippen LogP contribution in [0.2, 0.25) is 0 Å². The van der Waals surface area contributed by atoms with Gasteiger partial charge in [-0.05, 0) is 76.2 Å². The van der Waals surface area contributed by atoms with E-state index in [9.17, 15) is 9.90 Å².